The topological polar surface area (TPSA) is 89.0 Å². The van der Waals surface area contributed by atoms with E-state index in [4.69, 9.17) is 4.74 Å². The first-order valence-electron chi connectivity index (χ1n) is 10.8. The van der Waals surface area contributed by atoms with Gasteiger partial charge in [0.25, 0.3) is 0 Å². The van der Waals surface area contributed by atoms with Crippen LogP contribution in [-0.4, -0.2) is 32.4 Å². The third-order valence-corrected chi connectivity index (χ3v) is 6.87. The Hall–Kier alpha value is -4.04. The van der Waals surface area contributed by atoms with Crippen molar-refractivity contribution < 1.29 is 13.5 Å². The molecule has 8 nitrogen and oxygen atoms in total. The number of nitrogens with zero attached hydrogens (tertiary/aromatic N) is 6. The van der Waals surface area contributed by atoms with Gasteiger partial charge in [-0.1, -0.05) is 17.4 Å². The molecule has 1 aliphatic heterocycles. The monoisotopic (exact) mass is 494 g/mol. The van der Waals surface area contributed by atoms with Crippen LogP contribution in [0, 0.1) is 35.3 Å². The van der Waals surface area contributed by atoms with Crippen LogP contribution < -0.4 is 15.3 Å². The number of anilines is 1. The number of rotatable bonds is 6. The highest BCUT2D eigenvalue weighted by Crippen LogP contribution is 2.41. The standard InChI is InChI=1S/C24H20F2N6O2S/c1-15-21(35-22(29-15)31-12-24(2,11-27)13-31)34-17-8-6-16(7-9-17)32-23(33)30(14-28-32)10-18-19(25)4-3-5-20(18)26/h3-9,14H,10,12-13H2,1-2H3. The summed E-state index contributed by atoms with van der Waals surface area (Å²) >= 11 is 1.41. The fourth-order valence-corrected chi connectivity index (χ4v) is 4.77. The lowest BCUT2D eigenvalue weighted by molar-refractivity contribution is 0.336. The van der Waals surface area contributed by atoms with Crippen molar-refractivity contribution in [1.29, 1.82) is 5.26 Å². The van der Waals surface area contributed by atoms with E-state index >= 15 is 0 Å². The van der Waals surface area contributed by atoms with Gasteiger partial charge in [-0.05, 0) is 50.2 Å². The number of ether oxygens (including phenoxy) is 1. The largest absolute Gasteiger partial charge is 0.445 e. The van der Waals surface area contributed by atoms with Crippen LogP contribution in [0.4, 0.5) is 13.9 Å². The third kappa shape index (κ3) is 4.28. The van der Waals surface area contributed by atoms with Crippen LogP contribution in [0.15, 0.2) is 53.6 Å². The molecular weight excluding hydrogens is 474 g/mol. The normalized spacial score (nSPS) is 14.4. The van der Waals surface area contributed by atoms with E-state index in [0.717, 1.165) is 32.2 Å². The Morgan fingerprint density at radius 2 is 1.86 bits per heavy atom. The maximum atomic E-state index is 14.0. The Bertz CT molecular complexity index is 1480. The van der Waals surface area contributed by atoms with Gasteiger partial charge in [-0.25, -0.2) is 18.6 Å². The Morgan fingerprint density at radius 3 is 2.51 bits per heavy atom. The van der Waals surface area contributed by atoms with Crippen molar-refractivity contribution in [2.75, 3.05) is 18.0 Å². The smallest absolute Gasteiger partial charge is 0.350 e. The fourth-order valence-electron chi connectivity index (χ4n) is 3.84. The number of halogens is 2. The summed E-state index contributed by atoms with van der Waals surface area (Å²) in [5.74, 6) is -0.889. The van der Waals surface area contributed by atoms with E-state index in [1.54, 1.807) is 24.3 Å². The molecule has 0 aliphatic carbocycles. The van der Waals surface area contributed by atoms with E-state index in [9.17, 15) is 18.8 Å². The predicted octanol–water partition coefficient (Wildman–Crippen LogP) is 4.27. The van der Waals surface area contributed by atoms with Crippen molar-refractivity contribution in [1.82, 2.24) is 19.3 Å². The minimum atomic E-state index is -0.721. The molecule has 4 aromatic rings. The maximum absolute atomic E-state index is 14.0. The van der Waals surface area contributed by atoms with Gasteiger partial charge in [0.05, 0.1) is 29.4 Å². The molecule has 11 heteroatoms. The lowest BCUT2D eigenvalue weighted by Gasteiger charge is -2.43. The average Bonchev–Trinajstić information content (AvgIpc) is 3.36. The van der Waals surface area contributed by atoms with E-state index in [2.05, 4.69) is 16.2 Å². The van der Waals surface area contributed by atoms with Gasteiger partial charge < -0.3 is 9.64 Å². The SMILES string of the molecule is Cc1nc(N2CC(C)(C#N)C2)sc1Oc1ccc(-n2ncn(Cc3c(F)cccc3F)c2=O)cc1. The molecule has 5 rings (SSSR count). The van der Waals surface area contributed by atoms with Crippen molar-refractivity contribution in [2.24, 2.45) is 5.41 Å². The maximum Gasteiger partial charge on any atom is 0.350 e. The van der Waals surface area contributed by atoms with Gasteiger partial charge in [-0.3, -0.25) is 4.57 Å². The van der Waals surface area contributed by atoms with Crippen molar-refractivity contribution in [3.63, 3.8) is 0 Å². The van der Waals surface area contributed by atoms with Crippen LogP contribution in [0.3, 0.4) is 0 Å². The minimum Gasteiger partial charge on any atom is -0.445 e. The molecule has 0 radical (unpaired) electrons. The van der Waals surface area contributed by atoms with Gasteiger partial charge in [-0.2, -0.15) is 15.0 Å². The summed E-state index contributed by atoms with van der Waals surface area (Å²) in [5, 5.41) is 14.7. The molecular formula is C24H20F2N6O2S. The van der Waals surface area contributed by atoms with E-state index in [1.807, 2.05) is 18.7 Å². The summed E-state index contributed by atoms with van der Waals surface area (Å²) in [6.07, 6.45) is 1.24. The lowest BCUT2D eigenvalue weighted by Crippen LogP contribution is -2.54. The van der Waals surface area contributed by atoms with E-state index < -0.39 is 17.3 Å². The number of hydrogen-bond donors (Lipinski definition) is 0. The summed E-state index contributed by atoms with van der Waals surface area (Å²) in [6, 6.07) is 12.6. The number of nitriles is 1. The molecule has 1 fully saturated rings. The summed E-state index contributed by atoms with van der Waals surface area (Å²) < 4.78 is 36.2. The van der Waals surface area contributed by atoms with Crippen LogP contribution in [0.1, 0.15) is 18.2 Å². The molecule has 0 amide bonds. The first-order valence-corrected chi connectivity index (χ1v) is 11.6. The molecule has 0 atom stereocenters. The molecule has 3 heterocycles. The second-order valence-corrected chi connectivity index (χ2v) is 9.59. The zero-order valence-corrected chi connectivity index (χ0v) is 19.7. The summed E-state index contributed by atoms with van der Waals surface area (Å²) in [6.45, 7) is 4.79. The summed E-state index contributed by atoms with van der Waals surface area (Å²) in [5.41, 5.74) is 0.157. The van der Waals surface area contributed by atoms with Gasteiger partial charge in [0.1, 0.15) is 23.7 Å². The van der Waals surface area contributed by atoms with Crippen molar-refractivity contribution in [3.05, 3.63) is 82.2 Å². The second kappa shape index (κ2) is 8.63. The van der Waals surface area contributed by atoms with Crippen LogP contribution >= 0.6 is 11.3 Å². The van der Waals surface area contributed by atoms with Crippen molar-refractivity contribution >= 4 is 16.5 Å². The van der Waals surface area contributed by atoms with Gasteiger partial charge in [0, 0.05) is 18.7 Å². The van der Waals surface area contributed by atoms with Crippen LogP contribution in [0.2, 0.25) is 0 Å². The van der Waals surface area contributed by atoms with Gasteiger partial charge in [0.15, 0.2) is 5.13 Å². The van der Waals surface area contributed by atoms with Crippen molar-refractivity contribution in [3.8, 4) is 22.6 Å². The molecule has 35 heavy (non-hydrogen) atoms. The average molecular weight is 495 g/mol. The van der Waals surface area contributed by atoms with Crippen LogP contribution in [0.25, 0.3) is 5.69 Å². The molecule has 1 saturated heterocycles. The zero-order chi connectivity index (χ0) is 24.7. The quantitative estimate of drug-likeness (QED) is 0.398. The number of aromatic nitrogens is 4. The highest BCUT2D eigenvalue weighted by molar-refractivity contribution is 7.17. The number of thiazole rings is 1. The van der Waals surface area contributed by atoms with E-state index in [0.29, 0.717) is 29.6 Å². The van der Waals surface area contributed by atoms with E-state index in [-0.39, 0.29) is 17.5 Å². The molecule has 1 aliphatic rings. The first kappa shape index (κ1) is 22.7. The Kier molecular flexibility index (Phi) is 5.61. The molecule has 2 aromatic heterocycles. The molecule has 2 aromatic carbocycles. The lowest BCUT2D eigenvalue weighted by atomic mass is 9.84. The summed E-state index contributed by atoms with van der Waals surface area (Å²) in [4.78, 5) is 19.3. The Morgan fingerprint density at radius 1 is 1.17 bits per heavy atom. The minimum absolute atomic E-state index is 0.201. The van der Waals surface area contributed by atoms with Gasteiger partial charge >= 0.3 is 5.69 Å². The number of hydrogen-bond acceptors (Lipinski definition) is 7. The highest BCUT2D eigenvalue weighted by Gasteiger charge is 2.40. The van der Waals surface area contributed by atoms with Crippen molar-refractivity contribution in [2.45, 2.75) is 20.4 Å². The molecule has 0 unspecified atom stereocenters. The third-order valence-electron chi connectivity index (χ3n) is 5.78. The van der Waals surface area contributed by atoms with E-state index in [1.165, 1.54) is 23.7 Å². The van der Waals surface area contributed by atoms with Gasteiger partial charge in [0.2, 0.25) is 5.06 Å². The molecule has 0 bridgehead atoms. The molecule has 0 spiro atoms. The van der Waals surface area contributed by atoms with Crippen LogP contribution in [-0.2, 0) is 6.54 Å². The number of aryl methyl sites for hydroxylation is 1. The molecule has 178 valence electrons. The zero-order valence-electron chi connectivity index (χ0n) is 18.9. The predicted molar refractivity (Wildman–Crippen MR) is 126 cm³/mol. The Balaban J connectivity index is 1.30. The first-order chi connectivity index (χ1) is 16.8. The van der Waals surface area contributed by atoms with Gasteiger partial charge in [-0.15, -0.1) is 0 Å². The second-order valence-electron chi connectivity index (χ2n) is 8.65. The highest BCUT2D eigenvalue weighted by atomic mass is 32.1. The number of benzene rings is 2. The molecule has 0 N–H and O–H groups in total. The Labute approximate surface area is 203 Å². The fraction of sp³-hybridized carbons (Fsp3) is 0.250. The molecule has 0 saturated carbocycles. The van der Waals surface area contributed by atoms with Crippen LogP contribution in [0.5, 0.6) is 10.8 Å². The summed E-state index contributed by atoms with van der Waals surface area (Å²) in [7, 11) is 0.